The molecule has 0 bridgehead atoms. The zero-order valence-corrected chi connectivity index (χ0v) is 44.3. The Hall–Kier alpha value is -1.09. The lowest BCUT2D eigenvalue weighted by molar-refractivity contribution is -0.143. The molecule has 0 N–H and O–H groups in total. The Kier molecular flexibility index (Phi) is 52.6. The van der Waals surface area contributed by atoms with Crippen LogP contribution in [0.4, 0.5) is 0 Å². The highest BCUT2D eigenvalue weighted by atomic mass is 16.5. The lowest BCUT2D eigenvalue weighted by Crippen LogP contribution is -2.14. The van der Waals surface area contributed by atoms with E-state index in [1.54, 1.807) is 11.1 Å². The monoisotopic (exact) mass is 884 g/mol. The molecule has 0 aliphatic rings. The maximum Gasteiger partial charge on any atom is 0.305 e. The zero-order valence-electron chi connectivity index (χ0n) is 44.3. The molecule has 0 radical (unpaired) electrons. The molecule has 0 heterocycles. The summed E-state index contributed by atoms with van der Waals surface area (Å²) in [6.45, 7) is 8.58. The molecule has 0 spiro atoms. The van der Waals surface area contributed by atoms with E-state index in [9.17, 15) is 4.79 Å². The molecule has 0 amide bonds. The van der Waals surface area contributed by atoms with E-state index in [0.717, 1.165) is 32.2 Å². The standard InChI is InChI=1S/C60H117NO2/c1-6-9-12-15-18-21-22-23-24-25-26-27-29-32-37-42-52-59(54-45-46-55-60(62)63-57-48-47-56-61(4)5)53-44-39-34-33-38-43-51-58(49-40-35-30-20-17-14-11-8-3)50-41-36-31-28-19-16-13-10-7-2/h51,54H,6-50,52-53,55-57H2,1-5H3/b58-51-,59-54+. The molecular formula is C60H117NO2. The van der Waals surface area contributed by atoms with E-state index < -0.39 is 0 Å². The molecule has 0 unspecified atom stereocenters. The number of rotatable bonds is 53. The lowest BCUT2D eigenvalue weighted by atomic mass is 9.97. The molecule has 0 saturated heterocycles. The van der Waals surface area contributed by atoms with Crippen LogP contribution in [0.15, 0.2) is 23.3 Å². The fourth-order valence-corrected chi connectivity index (χ4v) is 9.38. The number of nitrogens with zero attached hydrogens (tertiary/aromatic N) is 1. The van der Waals surface area contributed by atoms with E-state index >= 15 is 0 Å². The van der Waals surface area contributed by atoms with Gasteiger partial charge in [0.15, 0.2) is 0 Å². The summed E-state index contributed by atoms with van der Waals surface area (Å²) in [5.41, 5.74) is 3.46. The number of carbonyl (C=O) groups is 1. The predicted molar refractivity (Wildman–Crippen MR) is 284 cm³/mol. The Bertz CT molecular complexity index is 952. The van der Waals surface area contributed by atoms with Crippen molar-refractivity contribution in [1.82, 2.24) is 4.90 Å². The summed E-state index contributed by atoms with van der Waals surface area (Å²) in [6, 6.07) is 0. The summed E-state index contributed by atoms with van der Waals surface area (Å²) in [6.07, 6.45) is 70.2. The van der Waals surface area contributed by atoms with Crippen molar-refractivity contribution in [2.24, 2.45) is 0 Å². The average molecular weight is 885 g/mol. The molecular weight excluding hydrogens is 767 g/mol. The maximum atomic E-state index is 12.3. The highest BCUT2D eigenvalue weighted by Gasteiger charge is 2.05. The van der Waals surface area contributed by atoms with E-state index in [1.807, 2.05) is 0 Å². The second-order valence-electron chi connectivity index (χ2n) is 20.5. The SMILES string of the molecule is CCCCCCCCCCCCCCCCCC/C(=C\CCCC(=O)OCCCCN(C)C)CCCCCCC/C=C(/CCCCCCCCCC)CCCCCCCCCCC. The minimum absolute atomic E-state index is 0.00811. The van der Waals surface area contributed by atoms with E-state index in [1.165, 1.54) is 276 Å². The summed E-state index contributed by atoms with van der Waals surface area (Å²) in [4.78, 5) is 14.5. The van der Waals surface area contributed by atoms with Crippen LogP contribution in [-0.2, 0) is 9.53 Å². The van der Waals surface area contributed by atoms with Crippen LogP contribution in [-0.4, -0.2) is 38.1 Å². The number of allylic oxidation sites excluding steroid dienone is 4. The fourth-order valence-electron chi connectivity index (χ4n) is 9.38. The number of carbonyl (C=O) groups excluding carboxylic acids is 1. The van der Waals surface area contributed by atoms with E-state index in [2.05, 4.69) is 51.9 Å². The topological polar surface area (TPSA) is 29.5 Å². The second kappa shape index (κ2) is 53.5. The molecule has 63 heavy (non-hydrogen) atoms. The van der Waals surface area contributed by atoms with Crippen molar-refractivity contribution in [3.63, 3.8) is 0 Å². The van der Waals surface area contributed by atoms with E-state index in [4.69, 9.17) is 4.74 Å². The van der Waals surface area contributed by atoms with Crippen molar-refractivity contribution < 1.29 is 9.53 Å². The van der Waals surface area contributed by atoms with Crippen molar-refractivity contribution in [2.45, 2.75) is 329 Å². The third-order valence-corrected chi connectivity index (χ3v) is 13.7. The van der Waals surface area contributed by atoms with Crippen LogP contribution >= 0.6 is 0 Å². The zero-order chi connectivity index (χ0) is 45.8. The number of esters is 1. The summed E-state index contributed by atoms with van der Waals surface area (Å²) in [5, 5.41) is 0. The van der Waals surface area contributed by atoms with Crippen LogP contribution < -0.4 is 0 Å². The van der Waals surface area contributed by atoms with Crippen LogP contribution in [0.1, 0.15) is 329 Å². The van der Waals surface area contributed by atoms with Crippen molar-refractivity contribution in [2.75, 3.05) is 27.2 Å². The first-order valence-corrected chi connectivity index (χ1v) is 29.2. The van der Waals surface area contributed by atoms with Gasteiger partial charge in [0.1, 0.15) is 0 Å². The third-order valence-electron chi connectivity index (χ3n) is 13.7. The molecule has 3 nitrogen and oxygen atoms in total. The van der Waals surface area contributed by atoms with Gasteiger partial charge in [0.05, 0.1) is 6.61 Å². The van der Waals surface area contributed by atoms with Crippen molar-refractivity contribution in [1.29, 1.82) is 0 Å². The van der Waals surface area contributed by atoms with Crippen molar-refractivity contribution >= 4 is 5.97 Å². The second-order valence-corrected chi connectivity index (χ2v) is 20.5. The van der Waals surface area contributed by atoms with Crippen LogP contribution in [0.5, 0.6) is 0 Å². The Morgan fingerprint density at radius 2 is 0.619 bits per heavy atom. The van der Waals surface area contributed by atoms with Gasteiger partial charge in [-0.15, -0.1) is 0 Å². The van der Waals surface area contributed by atoms with Gasteiger partial charge < -0.3 is 9.64 Å². The molecule has 374 valence electrons. The third kappa shape index (κ3) is 51.8. The minimum atomic E-state index is -0.00811. The number of hydrogen-bond acceptors (Lipinski definition) is 3. The number of ether oxygens (including phenoxy) is 1. The molecule has 3 heteroatoms. The lowest BCUT2D eigenvalue weighted by Gasteiger charge is -2.10. The quantitative estimate of drug-likeness (QED) is 0.0346. The molecule has 0 aromatic carbocycles. The van der Waals surface area contributed by atoms with Crippen molar-refractivity contribution in [3.05, 3.63) is 23.3 Å². The predicted octanol–water partition coefficient (Wildman–Crippen LogP) is 20.7. The van der Waals surface area contributed by atoms with Gasteiger partial charge in [0.25, 0.3) is 0 Å². The first kappa shape index (κ1) is 61.9. The molecule has 0 atom stereocenters. The molecule has 0 aliphatic heterocycles. The van der Waals surface area contributed by atoms with Gasteiger partial charge in [-0.2, -0.15) is 0 Å². The van der Waals surface area contributed by atoms with Gasteiger partial charge in [-0.1, -0.05) is 256 Å². The fraction of sp³-hybridized carbons (Fsp3) is 0.917. The van der Waals surface area contributed by atoms with Crippen LogP contribution in [0.2, 0.25) is 0 Å². The van der Waals surface area contributed by atoms with Crippen LogP contribution in [0.25, 0.3) is 0 Å². The van der Waals surface area contributed by atoms with E-state index in [-0.39, 0.29) is 5.97 Å². The minimum Gasteiger partial charge on any atom is -0.466 e. The Labute approximate surface area is 398 Å². The number of unbranched alkanes of at least 4 members (excludes halogenated alkanes) is 37. The van der Waals surface area contributed by atoms with Crippen LogP contribution in [0.3, 0.4) is 0 Å². The molecule has 0 rings (SSSR count). The Balaban J connectivity index is 4.59. The molecule has 0 aromatic heterocycles. The molecule has 0 saturated carbocycles. The summed E-state index contributed by atoms with van der Waals surface area (Å²) < 4.78 is 5.53. The maximum absolute atomic E-state index is 12.3. The molecule has 0 aliphatic carbocycles. The van der Waals surface area contributed by atoms with Gasteiger partial charge in [0.2, 0.25) is 0 Å². The Morgan fingerprint density at radius 3 is 0.937 bits per heavy atom. The van der Waals surface area contributed by atoms with E-state index in [0.29, 0.717) is 13.0 Å². The van der Waals surface area contributed by atoms with Crippen molar-refractivity contribution in [3.8, 4) is 0 Å². The van der Waals surface area contributed by atoms with Crippen LogP contribution in [0, 0.1) is 0 Å². The van der Waals surface area contributed by atoms with Gasteiger partial charge in [-0.05, 0) is 111 Å². The summed E-state index contributed by atoms with van der Waals surface area (Å²) >= 11 is 0. The highest BCUT2D eigenvalue weighted by molar-refractivity contribution is 5.69. The number of hydrogen-bond donors (Lipinski definition) is 0. The highest BCUT2D eigenvalue weighted by Crippen LogP contribution is 2.23. The first-order chi connectivity index (χ1) is 31.0. The smallest absolute Gasteiger partial charge is 0.305 e. The molecule has 0 fully saturated rings. The Morgan fingerprint density at radius 1 is 0.333 bits per heavy atom. The summed E-state index contributed by atoms with van der Waals surface area (Å²) in [5.74, 6) is -0.00811. The average Bonchev–Trinajstić information content (AvgIpc) is 3.27. The first-order valence-electron chi connectivity index (χ1n) is 29.2. The molecule has 0 aromatic rings. The normalized spacial score (nSPS) is 12.3. The van der Waals surface area contributed by atoms with Gasteiger partial charge in [0, 0.05) is 6.42 Å². The van der Waals surface area contributed by atoms with Gasteiger partial charge in [-0.3, -0.25) is 4.79 Å². The summed E-state index contributed by atoms with van der Waals surface area (Å²) in [7, 11) is 4.20. The largest absolute Gasteiger partial charge is 0.466 e. The van der Waals surface area contributed by atoms with Gasteiger partial charge >= 0.3 is 5.97 Å². The van der Waals surface area contributed by atoms with Gasteiger partial charge in [-0.25, -0.2) is 0 Å².